The van der Waals surface area contributed by atoms with Crippen LogP contribution in [0.4, 0.5) is 0 Å². The van der Waals surface area contributed by atoms with Crippen molar-refractivity contribution in [1.29, 1.82) is 5.26 Å². The quantitative estimate of drug-likeness (QED) is 0.892. The first kappa shape index (κ1) is 17.4. The Balaban J connectivity index is 1.93. The van der Waals surface area contributed by atoms with Gasteiger partial charge in [0.1, 0.15) is 0 Å². The standard InChI is InChI=1S/C17H22N2O4S/c1-17(20)7-9-23-12-15(17)16-6-3-8-19(16)24(21,22)14-5-2-4-13(10-14)11-18/h2,4-5,10,15-16,20H,3,6-9,12H2,1H3/t15-,16+,17+/m1/s1. The second kappa shape index (κ2) is 6.45. The number of hydrogen-bond donors (Lipinski definition) is 1. The predicted molar refractivity (Wildman–Crippen MR) is 87.6 cm³/mol. The van der Waals surface area contributed by atoms with Crippen molar-refractivity contribution in [3.05, 3.63) is 29.8 Å². The first-order chi connectivity index (χ1) is 11.4. The Morgan fingerprint density at radius 1 is 1.46 bits per heavy atom. The molecule has 2 fully saturated rings. The lowest BCUT2D eigenvalue weighted by Gasteiger charge is -2.42. The van der Waals surface area contributed by atoms with Gasteiger partial charge in [-0.1, -0.05) is 6.07 Å². The molecule has 2 heterocycles. The minimum atomic E-state index is -3.70. The maximum atomic E-state index is 13.1. The van der Waals surface area contributed by atoms with Crippen molar-refractivity contribution in [2.45, 2.75) is 42.7 Å². The molecule has 1 aromatic rings. The number of nitriles is 1. The van der Waals surface area contributed by atoms with Crippen LogP contribution in [0.15, 0.2) is 29.2 Å². The van der Waals surface area contributed by atoms with Crippen LogP contribution in [-0.2, 0) is 14.8 Å². The van der Waals surface area contributed by atoms with Crippen LogP contribution in [-0.4, -0.2) is 49.2 Å². The van der Waals surface area contributed by atoms with Crippen LogP contribution < -0.4 is 0 Å². The van der Waals surface area contributed by atoms with Gasteiger partial charge < -0.3 is 9.84 Å². The fourth-order valence-electron chi connectivity index (χ4n) is 3.71. The molecule has 0 amide bonds. The number of benzene rings is 1. The van der Waals surface area contributed by atoms with Gasteiger partial charge in [-0.3, -0.25) is 0 Å². The maximum Gasteiger partial charge on any atom is 0.243 e. The molecule has 0 radical (unpaired) electrons. The van der Waals surface area contributed by atoms with E-state index >= 15 is 0 Å². The molecular formula is C17H22N2O4S. The highest BCUT2D eigenvalue weighted by Crippen LogP contribution is 2.38. The summed E-state index contributed by atoms with van der Waals surface area (Å²) in [6.45, 7) is 3.05. The third kappa shape index (κ3) is 3.07. The van der Waals surface area contributed by atoms with Gasteiger partial charge in [0.05, 0.1) is 28.7 Å². The smallest absolute Gasteiger partial charge is 0.243 e. The second-order valence-electron chi connectivity index (χ2n) is 6.75. The molecule has 24 heavy (non-hydrogen) atoms. The van der Waals surface area contributed by atoms with Crippen molar-refractivity contribution in [3.8, 4) is 6.07 Å². The minimum Gasteiger partial charge on any atom is -0.390 e. The molecule has 1 N–H and O–H groups in total. The van der Waals surface area contributed by atoms with E-state index in [9.17, 15) is 13.5 Å². The Labute approximate surface area is 142 Å². The summed E-state index contributed by atoms with van der Waals surface area (Å²) in [6.07, 6.45) is 1.97. The topological polar surface area (TPSA) is 90.6 Å². The Hall–Kier alpha value is -1.46. The molecule has 0 aliphatic carbocycles. The van der Waals surface area contributed by atoms with E-state index in [2.05, 4.69) is 0 Å². The molecule has 0 saturated carbocycles. The highest BCUT2D eigenvalue weighted by atomic mass is 32.2. The molecule has 3 rings (SSSR count). The van der Waals surface area contributed by atoms with E-state index < -0.39 is 15.6 Å². The van der Waals surface area contributed by atoms with Crippen molar-refractivity contribution < 1.29 is 18.3 Å². The first-order valence-electron chi connectivity index (χ1n) is 8.18. The van der Waals surface area contributed by atoms with Crippen molar-refractivity contribution in [2.75, 3.05) is 19.8 Å². The lowest BCUT2D eigenvalue weighted by molar-refractivity contribution is -0.116. The van der Waals surface area contributed by atoms with Crippen molar-refractivity contribution in [1.82, 2.24) is 4.31 Å². The molecule has 6 nitrogen and oxygen atoms in total. The van der Waals surface area contributed by atoms with Gasteiger partial charge in [0.2, 0.25) is 10.0 Å². The SMILES string of the molecule is C[C@]1(O)CCOC[C@@H]1[C@@H]1CCCN1S(=O)(=O)c1cccc(C#N)c1. The van der Waals surface area contributed by atoms with Crippen LogP contribution in [0, 0.1) is 17.2 Å². The number of rotatable bonds is 3. The zero-order chi connectivity index (χ0) is 17.4. The molecule has 3 atom stereocenters. The fourth-order valence-corrected chi connectivity index (χ4v) is 5.48. The zero-order valence-electron chi connectivity index (χ0n) is 13.7. The molecule has 2 saturated heterocycles. The molecular weight excluding hydrogens is 328 g/mol. The summed E-state index contributed by atoms with van der Waals surface area (Å²) in [6, 6.07) is 7.77. The van der Waals surface area contributed by atoms with E-state index in [1.807, 2.05) is 6.07 Å². The van der Waals surface area contributed by atoms with Crippen molar-refractivity contribution in [2.24, 2.45) is 5.92 Å². The van der Waals surface area contributed by atoms with E-state index in [1.165, 1.54) is 16.4 Å². The van der Waals surface area contributed by atoms with Crippen LogP contribution in [0.2, 0.25) is 0 Å². The molecule has 0 spiro atoms. The van der Waals surface area contributed by atoms with Gasteiger partial charge in [0.15, 0.2) is 0 Å². The lowest BCUT2D eigenvalue weighted by Crippen LogP contribution is -2.53. The average Bonchev–Trinajstić information content (AvgIpc) is 3.04. The molecule has 0 aromatic heterocycles. The zero-order valence-corrected chi connectivity index (χ0v) is 14.5. The van der Waals surface area contributed by atoms with Crippen LogP contribution in [0.25, 0.3) is 0 Å². The van der Waals surface area contributed by atoms with E-state index in [4.69, 9.17) is 10.00 Å². The van der Waals surface area contributed by atoms with Gasteiger partial charge in [-0.15, -0.1) is 0 Å². The van der Waals surface area contributed by atoms with Gasteiger partial charge in [-0.05, 0) is 44.4 Å². The van der Waals surface area contributed by atoms with Gasteiger partial charge in [-0.2, -0.15) is 9.57 Å². The first-order valence-corrected chi connectivity index (χ1v) is 9.62. The normalized spacial score (nSPS) is 31.7. The highest BCUT2D eigenvalue weighted by Gasteiger charge is 2.47. The van der Waals surface area contributed by atoms with Crippen LogP contribution in [0.3, 0.4) is 0 Å². The number of sulfonamides is 1. The summed E-state index contributed by atoms with van der Waals surface area (Å²) in [7, 11) is -3.70. The Morgan fingerprint density at radius 2 is 2.25 bits per heavy atom. The highest BCUT2D eigenvalue weighted by molar-refractivity contribution is 7.89. The molecule has 2 aliphatic heterocycles. The van der Waals surface area contributed by atoms with Crippen LogP contribution in [0.1, 0.15) is 31.7 Å². The van der Waals surface area contributed by atoms with Gasteiger partial charge in [0, 0.05) is 25.1 Å². The van der Waals surface area contributed by atoms with E-state index in [0.29, 0.717) is 38.2 Å². The Morgan fingerprint density at radius 3 is 2.96 bits per heavy atom. The Kier molecular flexibility index (Phi) is 4.67. The summed E-state index contributed by atoms with van der Waals surface area (Å²) in [5.41, 5.74) is -0.616. The summed E-state index contributed by atoms with van der Waals surface area (Å²) in [5, 5.41) is 19.7. The maximum absolute atomic E-state index is 13.1. The molecule has 0 bridgehead atoms. The third-order valence-electron chi connectivity index (χ3n) is 5.13. The van der Waals surface area contributed by atoms with Crippen LogP contribution in [0.5, 0.6) is 0 Å². The van der Waals surface area contributed by atoms with Gasteiger partial charge >= 0.3 is 0 Å². The van der Waals surface area contributed by atoms with E-state index in [0.717, 1.165) is 6.42 Å². The Bertz CT molecular complexity index is 754. The summed E-state index contributed by atoms with van der Waals surface area (Å²) in [4.78, 5) is 0.129. The fraction of sp³-hybridized carbons (Fsp3) is 0.588. The van der Waals surface area contributed by atoms with Crippen molar-refractivity contribution in [3.63, 3.8) is 0 Å². The second-order valence-corrected chi connectivity index (χ2v) is 8.64. The van der Waals surface area contributed by atoms with E-state index in [-0.39, 0.29) is 16.9 Å². The number of hydrogen-bond acceptors (Lipinski definition) is 5. The summed E-state index contributed by atoms with van der Waals surface area (Å²) >= 11 is 0. The van der Waals surface area contributed by atoms with Gasteiger partial charge in [0.25, 0.3) is 0 Å². The van der Waals surface area contributed by atoms with Crippen molar-refractivity contribution >= 4 is 10.0 Å². The van der Waals surface area contributed by atoms with E-state index in [1.54, 1.807) is 19.1 Å². The third-order valence-corrected chi connectivity index (χ3v) is 7.05. The number of ether oxygens (including phenoxy) is 1. The molecule has 0 unspecified atom stereocenters. The molecule has 2 aliphatic rings. The summed E-state index contributed by atoms with van der Waals surface area (Å²) < 4.78 is 33.1. The predicted octanol–water partition coefficient (Wildman–Crippen LogP) is 1.50. The van der Waals surface area contributed by atoms with Crippen LogP contribution >= 0.6 is 0 Å². The van der Waals surface area contributed by atoms with Gasteiger partial charge in [-0.25, -0.2) is 8.42 Å². The number of aliphatic hydroxyl groups is 1. The largest absolute Gasteiger partial charge is 0.390 e. The number of nitrogens with zero attached hydrogens (tertiary/aromatic N) is 2. The summed E-state index contributed by atoms with van der Waals surface area (Å²) in [5.74, 6) is -0.248. The molecule has 1 aromatic carbocycles. The average molecular weight is 350 g/mol. The minimum absolute atomic E-state index is 0.129. The monoisotopic (exact) mass is 350 g/mol. The lowest BCUT2D eigenvalue weighted by atomic mass is 9.80. The molecule has 7 heteroatoms. The molecule has 130 valence electrons.